The van der Waals surface area contributed by atoms with Crippen molar-refractivity contribution in [2.75, 3.05) is 6.61 Å². The molecule has 1 aromatic heterocycles. The Labute approximate surface area is 110 Å². The van der Waals surface area contributed by atoms with Crippen molar-refractivity contribution in [1.29, 1.82) is 0 Å². The molecule has 2 rings (SSSR count). The molecular weight excluding hydrogens is 226 g/mol. The third-order valence-corrected chi connectivity index (χ3v) is 4.26. The van der Waals surface area contributed by atoms with E-state index in [1.165, 1.54) is 0 Å². The second-order valence-corrected chi connectivity index (χ2v) is 5.33. The topological polar surface area (TPSA) is 49.9 Å². The molecule has 0 spiro atoms. The Kier molecular flexibility index (Phi) is 4.40. The zero-order valence-corrected chi connectivity index (χ0v) is 11.7. The highest BCUT2D eigenvalue weighted by molar-refractivity contribution is 5.04. The maximum atomic E-state index is 6.01. The maximum absolute atomic E-state index is 6.01. The smallest absolute Gasteiger partial charge is 0.0692 e. The van der Waals surface area contributed by atoms with E-state index in [0.717, 1.165) is 38.0 Å². The number of hydrogen-bond acceptors (Lipinski definition) is 3. The van der Waals surface area contributed by atoms with Crippen LogP contribution in [0, 0.1) is 0 Å². The summed E-state index contributed by atoms with van der Waals surface area (Å²) >= 11 is 0. The minimum Gasteiger partial charge on any atom is -0.375 e. The summed E-state index contributed by atoms with van der Waals surface area (Å²) in [5.74, 6) is 0. The van der Waals surface area contributed by atoms with E-state index in [4.69, 9.17) is 4.74 Å². The van der Waals surface area contributed by atoms with Crippen molar-refractivity contribution in [3.05, 3.63) is 18.0 Å². The Hall–Kier alpha value is -0.870. The molecule has 18 heavy (non-hydrogen) atoms. The van der Waals surface area contributed by atoms with E-state index in [1.807, 2.05) is 6.07 Å². The quantitative estimate of drug-likeness (QED) is 0.846. The normalized spacial score (nSPS) is 24.9. The van der Waals surface area contributed by atoms with Crippen LogP contribution < -0.4 is 5.32 Å². The van der Waals surface area contributed by atoms with Crippen LogP contribution in [0.3, 0.4) is 0 Å². The molecule has 2 N–H and O–H groups in total. The molecule has 0 aromatic carbocycles. The van der Waals surface area contributed by atoms with E-state index < -0.39 is 0 Å². The van der Waals surface area contributed by atoms with Gasteiger partial charge in [0.15, 0.2) is 0 Å². The molecule has 0 bridgehead atoms. The standard InChI is InChI=1S/C14H25N3O/c1-4-14(5-2)10-12(7-9-18-14)16-11(3)13-6-8-15-17-13/h6,8,11-12,16H,4-5,7,9-10H2,1-3H3,(H,15,17). The van der Waals surface area contributed by atoms with Gasteiger partial charge >= 0.3 is 0 Å². The van der Waals surface area contributed by atoms with Crippen molar-refractivity contribution in [3.8, 4) is 0 Å². The molecule has 2 unspecified atom stereocenters. The molecule has 1 fully saturated rings. The largest absolute Gasteiger partial charge is 0.375 e. The molecule has 1 saturated heterocycles. The van der Waals surface area contributed by atoms with Gasteiger partial charge in [0.05, 0.1) is 11.3 Å². The van der Waals surface area contributed by atoms with Crippen LogP contribution in [0.1, 0.15) is 58.2 Å². The minimum atomic E-state index is 0.0869. The Balaban J connectivity index is 1.93. The number of H-pyrrole nitrogens is 1. The summed E-state index contributed by atoms with van der Waals surface area (Å²) in [5.41, 5.74) is 1.24. The zero-order valence-electron chi connectivity index (χ0n) is 11.7. The van der Waals surface area contributed by atoms with Crippen molar-refractivity contribution in [2.24, 2.45) is 0 Å². The van der Waals surface area contributed by atoms with Crippen LogP contribution >= 0.6 is 0 Å². The summed E-state index contributed by atoms with van der Waals surface area (Å²) in [4.78, 5) is 0. The first kappa shape index (κ1) is 13.6. The summed E-state index contributed by atoms with van der Waals surface area (Å²) < 4.78 is 6.01. The van der Waals surface area contributed by atoms with E-state index in [2.05, 4.69) is 36.3 Å². The van der Waals surface area contributed by atoms with Gasteiger partial charge < -0.3 is 10.1 Å². The number of nitrogens with one attached hydrogen (secondary N) is 2. The predicted octanol–water partition coefficient (Wildman–Crippen LogP) is 2.80. The van der Waals surface area contributed by atoms with E-state index in [1.54, 1.807) is 6.20 Å². The lowest BCUT2D eigenvalue weighted by molar-refractivity contribution is -0.0940. The number of aromatic nitrogens is 2. The highest BCUT2D eigenvalue weighted by Crippen LogP contribution is 2.32. The average molecular weight is 251 g/mol. The molecule has 102 valence electrons. The van der Waals surface area contributed by atoms with Crippen LogP contribution in [0.2, 0.25) is 0 Å². The Morgan fingerprint density at radius 1 is 1.56 bits per heavy atom. The average Bonchev–Trinajstić information content (AvgIpc) is 2.93. The van der Waals surface area contributed by atoms with Crippen molar-refractivity contribution in [1.82, 2.24) is 15.5 Å². The molecular formula is C14H25N3O. The third kappa shape index (κ3) is 2.93. The van der Waals surface area contributed by atoms with Crippen LogP contribution in [0.25, 0.3) is 0 Å². The van der Waals surface area contributed by atoms with Gasteiger partial charge in [-0.15, -0.1) is 0 Å². The van der Waals surface area contributed by atoms with Gasteiger partial charge in [0.25, 0.3) is 0 Å². The van der Waals surface area contributed by atoms with Crippen molar-refractivity contribution < 1.29 is 4.74 Å². The monoisotopic (exact) mass is 251 g/mol. The summed E-state index contributed by atoms with van der Waals surface area (Å²) in [6.45, 7) is 7.51. The van der Waals surface area contributed by atoms with Gasteiger partial charge in [-0.2, -0.15) is 5.10 Å². The minimum absolute atomic E-state index is 0.0869. The summed E-state index contributed by atoms with van der Waals surface area (Å²) in [5, 5.41) is 10.7. The number of hydrogen-bond donors (Lipinski definition) is 2. The highest BCUT2D eigenvalue weighted by atomic mass is 16.5. The van der Waals surface area contributed by atoms with Crippen molar-refractivity contribution in [2.45, 2.75) is 64.1 Å². The highest BCUT2D eigenvalue weighted by Gasteiger charge is 2.34. The first-order valence-corrected chi connectivity index (χ1v) is 7.08. The predicted molar refractivity (Wildman–Crippen MR) is 72.4 cm³/mol. The van der Waals surface area contributed by atoms with Crippen molar-refractivity contribution in [3.63, 3.8) is 0 Å². The van der Waals surface area contributed by atoms with Gasteiger partial charge in [0.2, 0.25) is 0 Å². The van der Waals surface area contributed by atoms with Gasteiger partial charge in [0.1, 0.15) is 0 Å². The van der Waals surface area contributed by atoms with E-state index >= 15 is 0 Å². The maximum Gasteiger partial charge on any atom is 0.0692 e. The number of aromatic amines is 1. The number of nitrogens with zero attached hydrogens (tertiary/aromatic N) is 1. The van der Waals surface area contributed by atoms with E-state index in [0.29, 0.717) is 12.1 Å². The Bertz CT molecular complexity index is 346. The van der Waals surface area contributed by atoms with E-state index in [-0.39, 0.29) is 5.60 Å². The fourth-order valence-corrected chi connectivity index (χ4v) is 2.86. The summed E-state index contributed by atoms with van der Waals surface area (Å²) in [7, 11) is 0. The fraction of sp³-hybridized carbons (Fsp3) is 0.786. The van der Waals surface area contributed by atoms with Crippen molar-refractivity contribution >= 4 is 0 Å². The molecule has 2 atom stereocenters. The van der Waals surface area contributed by atoms with Crippen LogP contribution in [0.15, 0.2) is 12.3 Å². The lowest BCUT2D eigenvalue weighted by Crippen LogP contribution is -2.47. The van der Waals surface area contributed by atoms with Gasteiger partial charge in [-0.3, -0.25) is 5.10 Å². The summed E-state index contributed by atoms with van der Waals surface area (Å²) in [6.07, 6.45) is 6.21. The van der Waals surface area contributed by atoms with Gasteiger partial charge in [-0.05, 0) is 38.7 Å². The molecule has 1 aromatic rings. The number of ether oxygens (including phenoxy) is 1. The van der Waals surface area contributed by atoms with Crippen LogP contribution in [0.5, 0.6) is 0 Å². The van der Waals surface area contributed by atoms with Gasteiger partial charge in [-0.25, -0.2) is 0 Å². The molecule has 1 aliphatic heterocycles. The van der Waals surface area contributed by atoms with E-state index in [9.17, 15) is 0 Å². The van der Waals surface area contributed by atoms with Gasteiger partial charge in [-0.1, -0.05) is 13.8 Å². The zero-order chi connectivity index (χ0) is 13.0. The van der Waals surface area contributed by atoms with Crippen LogP contribution in [-0.4, -0.2) is 28.4 Å². The second-order valence-electron chi connectivity index (χ2n) is 5.33. The third-order valence-electron chi connectivity index (χ3n) is 4.26. The molecule has 0 amide bonds. The van der Waals surface area contributed by atoms with Crippen LogP contribution in [-0.2, 0) is 4.74 Å². The molecule has 1 aliphatic rings. The number of rotatable bonds is 5. The molecule has 0 saturated carbocycles. The molecule has 4 heteroatoms. The molecule has 0 radical (unpaired) electrons. The first-order valence-electron chi connectivity index (χ1n) is 7.08. The lowest BCUT2D eigenvalue weighted by atomic mass is 9.85. The second kappa shape index (κ2) is 5.85. The molecule has 0 aliphatic carbocycles. The van der Waals surface area contributed by atoms with Gasteiger partial charge in [0, 0.05) is 24.9 Å². The first-order chi connectivity index (χ1) is 8.69. The Morgan fingerprint density at radius 3 is 2.94 bits per heavy atom. The molecule has 4 nitrogen and oxygen atoms in total. The summed E-state index contributed by atoms with van der Waals surface area (Å²) in [6, 6.07) is 2.89. The fourth-order valence-electron chi connectivity index (χ4n) is 2.86. The Morgan fingerprint density at radius 2 is 2.33 bits per heavy atom. The van der Waals surface area contributed by atoms with Crippen LogP contribution in [0.4, 0.5) is 0 Å². The molecule has 2 heterocycles. The SMILES string of the molecule is CCC1(CC)CC(NC(C)c2ccn[nH]2)CCO1. The lowest BCUT2D eigenvalue weighted by Gasteiger charge is -2.41.